The molecule has 0 saturated heterocycles. The second kappa shape index (κ2) is 3.73. The highest BCUT2D eigenvalue weighted by Crippen LogP contribution is 2.23. The Morgan fingerprint density at radius 1 is 1.00 bits per heavy atom. The summed E-state index contributed by atoms with van der Waals surface area (Å²) in [6.45, 7) is 0. The minimum absolute atomic E-state index is 0.0567. The Hall–Kier alpha value is -2.24. The monoisotopic (exact) mass is 222 g/mol. The van der Waals surface area contributed by atoms with Crippen LogP contribution in [0.25, 0.3) is 11.3 Å². The number of rotatable bonds is 1. The predicted molar refractivity (Wildman–Crippen MR) is 56.2 cm³/mol. The van der Waals surface area contributed by atoms with Gasteiger partial charge in [-0.05, 0) is 12.1 Å². The number of nitrogens with two attached hydrogens (primary N) is 2. The SMILES string of the molecule is Nc1cc(-c2ccc(F)cc2F)nc(N)n1. The lowest BCUT2D eigenvalue weighted by Gasteiger charge is -2.04. The summed E-state index contributed by atoms with van der Waals surface area (Å²) in [5, 5.41) is 0. The van der Waals surface area contributed by atoms with Crippen molar-refractivity contribution in [3.05, 3.63) is 35.9 Å². The first kappa shape index (κ1) is 10.3. The maximum atomic E-state index is 13.4. The van der Waals surface area contributed by atoms with Crippen LogP contribution < -0.4 is 11.5 Å². The predicted octanol–water partition coefficient (Wildman–Crippen LogP) is 1.59. The molecule has 2 rings (SSSR count). The fraction of sp³-hybridized carbons (Fsp3) is 0. The van der Waals surface area contributed by atoms with Crippen molar-refractivity contribution in [3.8, 4) is 11.3 Å². The van der Waals surface area contributed by atoms with Gasteiger partial charge < -0.3 is 11.5 Å². The molecule has 4 N–H and O–H groups in total. The third-order valence-electron chi connectivity index (χ3n) is 1.97. The van der Waals surface area contributed by atoms with Crippen LogP contribution in [0.1, 0.15) is 0 Å². The van der Waals surface area contributed by atoms with Gasteiger partial charge in [0.25, 0.3) is 0 Å². The zero-order valence-corrected chi connectivity index (χ0v) is 8.11. The highest BCUT2D eigenvalue weighted by molar-refractivity contribution is 5.63. The highest BCUT2D eigenvalue weighted by Gasteiger charge is 2.09. The second-order valence-corrected chi connectivity index (χ2v) is 3.16. The Balaban J connectivity index is 2.58. The van der Waals surface area contributed by atoms with Crippen LogP contribution in [0.3, 0.4) is 0 Å². The molecule has 82 valence electrons. The van der Waals surface area contributed by atoms with Crippen molar-refractivity contribution >= 4 is 11.8 Å². The molecule has 0 unspecified atom stereocenters. The van der Waals surface area contributed by atoms with Gasteiger partial charge in [0.2, 0.25) is 5.95 Å². The molecule has 1 heterocycles. The third-order valence-corrected chi connectivity index (χ3v) is 1.97. The molecule has 0 saturated carbocycles. The number of halogens is 2. The fourth-order valence-corrected chi connectivity index (χ4v) is 1.32. The molecule has 6 heteroatoms. The van der Waals surface area contributed by atoms with Crippen molar-refractivity contribution in [2.75, 3.05) is 11.5 Å². The number of hydrogen-bond acceptors (Lipinski definition) is 4. The van der Waals surface area contributed by atoms with Crippen LogP contribution >= 0.6 is 0 Å². The van der Waals surface area contributed by atoms with E-state index in [1.807, 2.05) is 0 Å². The van der Waals surface area contributed by atoms with Crippen LogP contribution in [-0.2, 0) is 0 Å². The molecule has 0 radical (unpaired) electrons. The number of nitrogen functional groups attached to an aromatic ring is 2. The minimum Gasteiger partial charge on any atom is -0.384 e. The van der Waals surface area contributed by atoms with Gasteiger partial charge in [-0.25, -0.2) is 13.8 Å². The van der Waals surface area contributed by atoms with Gasteiger partial charge in [-0.15, -0.1) is 0 Å². The first-order valence-electron chi connectivity index (χ1n) is 4.42. The minimum atomic E-state index is -0.725. The summed E-state index contributed by atoms with van der Waals surface area (Å²) in [5.74, 6) is -1.31. The summed E-state index contributed by atoms with van der Waals surface area (Å²) in [6, 6.07) is 4.54. The zero-order chi connectivity index (χ0) is 11.7. The molecular formula is C10H8F2N4. The standard InChI is InChI=1S/C10H8F2N4/c11-5-1-2-6(7(12)3-5)8-4-9(13)16-10(14)15-8/h1-4H,(H4,13,14,15,16). The van der Waals surface area contributed by atoms with E-state index < -0.39 is 11.6 Å². The normalized spacial score (nSPS) is 10.4. The van der Waals surface area contributed by atoms with Crippen LogP contribution in [0.5, 0.6) is 0 Å². The number of hydrogen-bond donors (Lipinski definition) is 2. The summed E-state index contributed by atoms with van der Waals surface area (Å²) in [7, 11) is 0. The van der Waals surface area contributed by atoms with E-state index in [0.29, 0.717) is 0 Å². The van der Waals surface area contributed by atoms with E-state index in [1.165, 1.54) is 12.1 Å². The Kier molecular flexibility index (Phi) is 2.40. The first-order chi connectivity index (χ1) is 7.56. The van der Waals surface area contributed by atoms with Gasteiger partial charge in [0.05, 0.1) is 5.69 Å². The van der Waals surface area contributed by atoms with Crippen molar-refractivity contribution in [3.63, 3.8) is 0 Å². The van der Waals surface area contributed by atoms with Gasteiger partial charge in [-0.3, -0.25) is 0 Å². The maximum Gasteiger partial charge on any atom is 0.222 e. The van der Waals surface area contributed by atoms with Crippen LogP contribution in [-0.4, -0.2) is 9.97 Å². The molecule has 0 bridgehead atoms. The molecule has 0 aliphatic rings. The topological polar surface area (TPSA) is 77.8 Å². The van der Waals surface area contributed by atoms with Gasteiger partial charge in [0, 0.05) is 17.7 Å². The molecule has 1 aromatic carbocycles. The summed E-state index contributed by atoms with van der Waals surface area (Å²) in [5.41, 5.74) is 11.2. The Labute approximate surface area is 89.9 Å². The molecule has 0 amide bonds. The van der Waals surface area contributed by atoms with E-state index in [9.17, 15) is 8.78 Å². The molecule has 0 atom stereocenters. The highest BCUT2D eigenvalue weighted by atomic mass is 19.1. The van der Waals surface area contributed by atoms with Crippen molar-refractivity contribution in [2.45, 2.75) is 0 Å². The lowest BCUT2D eigenvalue weighted by atomic mass is 10.1. The van der Waals surface area contributed by atoms with E-state index in [1.54, 1.807) is 0 Å². The van der Waals surface area contributed by atoms with E-state index >= 15 is 0 Å². The maximum absolute atomic E-state index is 13.4. The first-order valence-corrected chi connectivity index (χ1v) is 4.42. The number of benzene rings is 1. The molecule has 0 aliphatic carbocycles. The Morgan fingerprint density at radius 3 is 2.38 bits per heavy atom. The quantitative estimate of drug-likeness (QED) is 0.767. The Morgan fingerprint density at radius 2 is 1.75 bits per heavy atom. The lowest BCUT2D eigenvalue weighted by molar-refractivity contribution is 0.585. The molecule has 0 aliphatic heterocycles. The van der Waals surface area contributed by atoms with Gasteiger partial charge in [0.15, 0.2) is 0 Å². The van der Waals surface area contributed by atoms with Crippen molar-refractivity contribution < 1.29 is 8.78 Å². The Bertz CT molecular complexity index is 522. The molecular weight excluding hydrogens is 214 g/mol. The second-order valence-electron chi connectivity index (χ2n) is 3.16. The van der Waals surface area contributed by atoms with E-state index in [-0.39, 0.29) is 23.0 Å². The number of nitrogens with zero attached hydrogens (tertiary/aromatic N) is 2. The molecule has 0 fully saturated rings. The van der Waals surface area contributed by atoms with Gasteiger partial charge >= 0.3 is 0 Å². The van der Waals surface area contributed by atoms with E-state index in [0.717, 1.165) is 12.1 Å². The van der Waals surface area contributed by atoms with Crippen LogP contribution in [0, 0.1) is 11.6 Å². The molecule has 1 aromatic heterocycles. The van der Waals surface area contributed by atoms with Crippen molar-refractivity contribution in [1.29, 1.82) is 0 Å². The fourth-order valence-electron chi connectivity index (χ4n) is 1.32. The van der Waals surface area contributed by atoms with Crippen molar-refractivity contribution in [1.82, 2.24) is 9.97 Å². The van der Waals surface area contributed by atoms with Gasteiger partial charge in [0.1, 0.15) is 17.5 Å². The summed E-state index contributed by atoms with van der Waals surface area (Å²) in [6.07, 6.45) is 0. The lowest BCUT2D eigenvalue weighted by Crippen LogP contribution is -2.01. The molecule has 4 nitrogen and oxygen atoms in total. The van der Waals surface area contributed by atoms with Gasteiger partial charge in [-0.1, -0.05) is 0 Å². The average molecular weight is 222 g/mol. The summed E-state index contributed by atoms with van der Waals surface area (Å²) < 4.78 is 26.1. The van der Waals surface area contributed by atoms with Crippen molar-refractivity contribution in [2.24, 2.45) is 0 Å². The largest absolute Gasteiger partial charge is 0.384 e. The number of aromatic nitrogens is 2. The molecule has 16 heavy (non-hydrogen) atoms. The molecule has 2 aromatic rings. The van der Waals surface area contributed by atoms with Gasteiger partial charge in [-0.2, -0.15) is 4.98 Å². The van der Waals surface area contributed by atoms with Crippen LogP contribution in [0.15, 0.2) is 24.3 Å². The van der Waals surface area contributed by atoms with Crippen LogP contribution in [0.2, 0.25) is 0 Å². The summed E-state index contributed by atoms with van der Waals surface area (Å²) >= 11 is 0. The van der Waals surface area contributed by atoms with Crippen LogP contribution in [0.4, 0.5) is 20.5 Å². The molecule has 0 spiro atoms. The van der Waals surface area contributed by atoms with E-state index in [2.05, 4.69) is 9.97 Å². The third kappa shape index (κ3) is 1.90. The van der Waals surface area contributed by atoms with E-state index in [4.69, 9.17) is 11.5 Å². The average Bonchev–Trinajstić information content (AvgIpc) is 2.15. The summed E-state index contributed by atoms with van der Waals surface area (Å²) in [4.78, 5) is 7.47. The zero-order valence-electron chi connectivity index (χ0n) is 8.11. The smallest absolute Gasteiger partial charge is 0.222 e. The number of anilines is 2.